The molecule has 0 amide bonds. The highest BCUT2D eigenvalue weighted by Gasteiger charge is 2.34. The van der Waals surface area contributed by atoms with E-state index in [2.05, 4.69) is 36.3 Å². The first-order valence-electron chi connectivity index (χ1n) is 6.28. The molecular formula is C12H21N3S2. The number of hydrogen-bond donors (Lipinski definition) is 1. The molecule has 96 valence electrons. The molecule has 1 aromatic heterocycles. The van der Waals surface area contributed by atoms with Gasteiger partial charge < -0.3 is 5.32 Å². The predicted octanol–water partition coefficient (Wildman–Crippen LogP) is 3.03. The summed E-state index contributed by atoms with van der Waals surface area (Å²) in [4.78, 5) is 0. The van der Waals surface area contributed by atoms with Gasteiger partial charge in [0.05, 0.1) is 4.75 Å². The van der Waals surface area contributed by atoms with Crippen LogP contribution in [0.5, 0.6) is 0 Å². The van der Waals surface area contributed by atoms with Crippen molar-refractivity contribution in [2.75, 3.05) is 12.3 Å². The number of nitrogens with one attached hydrogen (secondary N) is 1. The standard InChI is InChI=1S/C12H21N3S2/c1-9(2)7-13-8-10-14-15-11(17-10)12(3)5-4-6-16-12/h9,13H,4-8H2,1-3H3. The molecular weight excluding hydrogens is 250 g/mol. The lowest BCUT2D eigenvalue weighted by molar-refractivity contribution is 0.550. The molecule has 1 saturated heterocycles. The summed E-state index contributed by atoms with van der Waals surface area (Å²) < 4.78 is 0.230. The number of rotatable bonds is 5. The van der Waals surface area contributed by atoms with E-state index < -0.39 is 0 Å². The zero-order chi connectivity index (χ0) is 12.3. The zero-order valence-corrected chi connectivity index (χ0v) is 12.5. The van der Waals surface area contributed by atoms with Crippen LogP contribution >= 0.6 is 23.1 Å². The van der Waals surface area contributed by atoms with Gasteiger partial charge in [0.1, 0.15) is 10.0 Å². The Labute approximate surface area is 112 Å². The Hall–Kier alpha value is -0.130. The Balaban J connectivity index is 1.91. The van der Waals surface area contributed by atoms with Gasteiger partial charge in [-0.05, 0) is 38.0 Å². The van der Waals surface area contributed by atoms with Crippen LogP contribution in [0.15, 0.2) is 0 Å². The number of thioether (sulfide) groups is 1. The van der Waals surface area contributed by atoms with Crippen molar-refractivity contribution in [2.45, 2.75) is 44.9 Å². The molecule has 1 atom stereocenters. The molecule has 0 radical (unpaired) electrons. The van der Waals surface area contributed by atoms with Gasteiger partial charge in [-0.1, -0.05) is 25.2 Å². The van der Waals surface area contributed by atoms with E-state index in [0.29, 0.717) is 5.92 Å². The first kappa shape index (κ1) is 13.3. The highest BCUT2D eigenvalue weighted by molar-refractivity contribution is 8.00. The maximum Gasteiger partial charge on any atom is 0.133 e. The van der Waals surface area contributed by atoms with Crippen LogP contribution in [0.4, 0.5) is 0 Å². The number of hydrogen-bond acceptors (Lipinski definition) is 5. The van der Waals surface area contributed by atoms with Gasteiger partial charge in [-0.2, -0.15) is 0 Å². The summed E-state index contributed by atoms with van der Waals surface area (Å²) in [6.07, 6.45) is 2.55. The van der Waals surface area contributed by atoms with Crippen LogP contribution in [-0.2, 0) is 11.3 Å². The predicted molar refractivity (Wildman–Crippen MR) is 75.5 cm³/mol. The molecule has 2 rings (SSSR count). The van der Waals surface area contributed by atoms with E-state index in [4.69, 9.17) is 0 Å². The second-order valence-electron chi connectivity index (χ2n) is 5.21. The molecule has 17 heavy (non-hydrogen) atoms. The summed E-state index contributed by atoms with van der Waals surface area (Å²) in [6.45, 7) is 8.64. The first-order valence-corrected chi connectivity index (χ1v) is 8.08. The summed E-state index contributed by atoms with van der Waals surface area (Å²) in [6, 6.07) is 0. The van der Waals surface area contributed by atoms with Crippen molar-refractivity contribution < 1.29 is 0 Å². The lowest BCUT2D eigenvalue weighted by Crippen LogP contribution is -2.18. The van der Waals surface area contributed by atoms with Gasteiger partial charge in [0.15, 0.2) is 0 Å². The third kappa shape index (κ3) is 3.42. The van der Waals surface area contributed by atoms with Crippen molar-refractivity contribution in [2.24, 2.45) is 5.92 Å². The second kappa shape index (κ2) is 5.67. The fourth-order valence-electron chi connectivity index (χ4n) is 1.95. The topological polar surface area (TPSA) is 37.8 Å². The average Bonchev–Trinajstić information content (AvgIpc) is 2.87. The van der Waals surface area contributed by atoms with Gasteiger partial charge in [0, 0.05) is 6.54 Å². The highest BCUT2D eigenvalue weighted by atomic mass is 32.2. The Morgan fingerprint density at radius 1 is 1.41 bits per heavy atom. The highest BCUT2D eigenvalue weighted by Crippen LogP contribution is 2.46. The molecule has 1 aliphatic heterocycles. The zero-order valence-electron chi connectivity index (χ0n) is 10.8. The van der Waals surface area contributed by atoms with Gasteiger partial charge in [-0.3, -0.25) is 0 Å². The molecule has 5 heteroatoms. The van der Waals surface area contributed by atoms with Gasteiger partial charge >= 0.3 is 0 Å². The van der Waals surface area contributed by atoms with E-state index >= 15 is 0 Å². The van der Waals surface area contributed by atoms with E-state index in [9.17, 15) is 0 Å². The Morgan fingerprint density at radius 2 is 2.24 bits per heavy atom. The van der Waals surface area contributed by atoms with E-state index in [1.54, 1.807) is 11.3 Å². The van der Waals surface area contributed by atoms with Crippen molar-refractivity contribution in [1.82, 2.24) is 15.5 Å². The normalized spacial score (nSPS) is 24.7. The molecule has 0 saturated carbocycles. The minimum absolute atomic E-state index is 0.230. The molecule has 0 bridgehead atoms. The van der Waals surface area contributed by atoms with E-state index in [-0.39, 0.29) is 4.75 Å². The molecule has 0 spiro atoms. The van der Waals surface area contributed by atoms with Crippen LogP contribution in [-0.4, -0.2) is 22.5 Å². The number of nitrogens with zero attached hydrogens (tertiary/aromatic N) is 2. The molecule has 1 fully saturated rings. The molecule has 1 aliphatic rings. The summed E-state index contributed by atoms with van der Waals surface area (Å²) >= 11 is 3.80. The SMILES string of the molecule is CC(C)CNCc1nnc(C2(C)CCCS2)s1. The van der Waals surface area contributed by atoms with Crippen molar-refractivity contribution in [3.63, 3.8) is 0 Å². The van der Waals surface area contributed by atoms with Crippen molar-refractivity contribution in [1.29, 1.82) is 0 Å². The molecule has 1 unspecified atom stereocenters. The fourth-order valence-corrected chi connectivity index (χ4v) is 4.33. The average molecular weight is 271 g/mol. The quantitative estimate of drug-likeness (QED) is 0.893. The van der Waals surface area contributed by atoms with Crippen LogP contribution in [0.3, 0.4) is 0 Å². The van der Waals surface area contributed by atoms with Crippen molar-refractivity contribution in [3.05, 3.63) is 10.0 Å². The lowest BCUT2D eigenvalue weighted by atomic mass is 10.1. The third-order valence-electron chi connectivity index (χ3n) is 2.97. The summed E-state index contributed by atoms with van der Waals surface area (Å²) in [5.41, 5.74) is 0. The first-order chi connectivity index (χ1) is 8.10. The van der Waals surface area contributed by atoms with Crippen molar-refractivity contribution >= 4 is 23.1 Å². The molecule has 0 aliphatic carbocycles. The van der Waals surface area contributed by atoms with Crippen LogP contribution in [0.25, 0.3) is 0 Å². The van der Waals surface area contributed by atoms with Gasteiger partial charge in [0.25, 0.3) is 0 Å². The van der Waals surface area contributed by atoms with Crippen LogP contribution < -0.4 is 5.32 Å². The van der Waals surface area contributed by atoms with Crippen LogP contribution in [0.1, 0.15) is 43.6 Å². The van der Waals surface area contributed by atoms with E-state index in [0.717, 1.165) is 18.1 Å². The van der Waals surface area contributed by atoms with Crippen LogP contribution in [0.2, 0.25) is 0 Å². The Bertz CT molecular complexity index is 356. The second-order valence-corrected chi connectivity index (χ2v) is 7.87. The minimum atomic E-state index is 0.230. The molecule has 1 aromatic rings. The summed E-state index contributed by atoms with van der Waals surface area (Å²) in [5.74, 6) is 1.95. The Kier molecular flexibility index (Phi) is 4.44. The minimum Gasteiger partial charge on any atom is -0.310 e. The van der Waals surface area contributed by atoms with E-state index in [1.807, 2.05) is 11.8 Å². The Morgan fingerprint density at radius 3 is 2.88 bits per heavy atom. The molecule has 2 heterocycles. The number of aromatic nitrogens is 2. The van der Waals surface area contributed by atoms with Gasteiger partial charge in [-0.15, -0.1) is 22.0 Å². The third-order valence-corrected chi connectivity index (χ3v) is 5.81. The van der Waals surface area contributed by atoms with Gasteiger partial charge in [0.2, 0.25) is 0 Å². The maximum absolute atomic E-state index is 4.38. The monoisotopic (exact) mass is 271 g/mol. The smallest absolute Gasteiger partial charge is 0.133 e. The van der Waals surface area contributed by atoms with E-state index in [1.165, 1.54) is 23.6 Å². The molecule has 0 aromatic carbocycles. The van der Waals surface area contributed by atoms with Crippen LogP contribution in [0, 0.1) is 5.92 Å². The summed E-state index contributed by atoms with van der Waals surface area (Å²) in [7, 11) is 0. The largest absolute Gasteiger partial charge is 0.310 e. The summed E-state index contributed by atoms with van der Waals surface area (Å²) in [5, 5.41) is 14.4. The molecule has 1 N–H and O–H groups in total. The van der Waals surface area contributed by atoms with Crippen molar-refractivity contribution in [3.8, 4) is 0 Å². The van der Waals surface area contributed by atoms with Gasteiger partial charge in [-0.25, -0.2) is 0 Å². The lowest BCUT2D eigenvalue weighted by Gasteiger charge is -2.17. The molecule has 3 nitrogen and oxygen atoms in total. The maximum atomic E-state index is 4.38. The fraction of sp³-hybridized carbons (Fsp3) is 0.833.